The van der Waals surface area contributed by atoms with Crippen molar-refractivity contribution < 1.29 is 23.9 Å². The standard InChI is InChI=1S/C26H29Cl2N3O5/c1-26(2,3)36-25(34)30-14-20-22(15-30)35-21(12-23(32)29-18-7-5-4-6-8-18)24(33)31(20)13-16-9-10-17(27)11-19(16)28/h4-11,20-22H,12-15H2,1-3H3,(H,29,32). The summed E-state index contributed by atoms with van der Waals surface area (Å²) >= 11 is 12.4. The zero-order valence-electron chi connectivity index (χ0n) is 20.4. The summed E-state index contributed by atoms with van der Waals surface area (Å²) in [5.74, 6) is -0.680. The number of benzene rings is 2. The summed E-state index contributed by atoms with van der Waals surface area (Å²) in [4.78, 5) is 42.2. The molecular weight excluding hydrogens is 505 g/mol. The van der Waals surface area contributed by atoms with Crippen LogP contribution in [0.25, 0.3) is 0 Å². The van der Waals surface area contributed by atoms with Crippen LogP contribution in [0.4, 0.5) is 10.5 Å². The fraction of sp³-hybridized carbons (Fsp3) is 0.423. The van der Waals surface area contributed by atoms with Crippen LogP contribution in [0.1, 0.15) is 32.8 Å². The Kier molecular flexibility index (Phi) is 7.78. The number of amides is 3. The number of likely N-dealkylation sites (tertiary alicyclic amines) is 1. The smallest absolute Gasteiger partial charge is 0.410 e. The van der Waals surface area contributed by atoms with Crippen LogP contribution in [0.5, 0.6) is 0 Å². The number of rotatable bonds is 5. The number of hydrogen-bond acceptors (Lipinski definition) is 5. The molecule has 3 atom stereocenters. The van der Waals surface area contributed by atoms with E-state index in [9.17, 15) is 14.4 Å². The van der Waals surface area contributed by atoms with E-state index in [-0.39, 0.29) is 37.9 Å². The van der Waals surface area contributed by atoms with Gasteiger partial charge >= 0.3 is 6.09 Å². The lowest BCUT2D eigenvalue weighted by molar-refractivity contribution is -0.169. The summed E-state index contributed by atoms with van der Waals surface area (Å²) in [5, 5.41) is 3.71. The Morgan fingerprint density at radius 3 is 2.50 bits per heavy atom. The first-order chi connectivity index (χ1) is 17.0. The normalized spacial score (nSPS) is 21.8. The van der Waals surface area contributed by atoms with E-state index in [4.69, 9.17) is 32.7 Å². The second-order valence-electron chi connectivity index (χ2n) is 9.94. The number of nitrogens with one attached hydrogen (secondary N) is 1. The Balaban J connectivity index is 1.54. The molecule has 0 bridgehead atoms. The molecule has 8 nitrogen and oxygen atoms in total. The van der Waals surface area contributed by atoms with Gasteiger partial charge in [-0.3, -0.25) is 9.59 Å². The predicted octanol–water partition coefficient (Wildman–Crippen LogP) is 4.74. The van der Waals surface area contributed by atoms with Gasteiger partial charge in [0.25, 0.3) is 5.91 Å². The van der Waals surface area contributed by atoms with Gasteiger partial charge in [-0.15, -0.1) is 0 Å². The maximum absolute atomic E-state index is 13.6. The number of para-hydroxylation sites is 1. The summed E-state index contributed by atoms with van der Waals surface area (Å²) in [6.07, 6.45) is -2.11. The van der Waals surface area contributed by atoms with Gasteiger partial charge in [-0.25, -0.2) is 4.79 Å². The van der Waals surface area contributed by atoms with Gasteiger partial charge in [-0.2, -0.15) is 0 Å². The largest absolute Gasteiger partial charge is 0.444 e. The topological polar surface area (TPSA) is 88.2 Å². The van der Waals surface area contributed by atoms with Gasteiger partial charge in [0.1, 0.15) is 11.7 Å². The van der Waals surface area contributed by atoms with Crippen molar-refractivity contribution in [1.29, 1.82) is 0 Å². The van der Waals surface area contributed by atoms with Crippen LogP contribution >= 0.6 is 23.2 Å². The summed E-state index contributed by atoms with van der Waals surface area (Å²) in [6.45, 7) is 6.07. The van der Waals surface area contributed by atoms with Crippen molar-refractivity contribution in [1.82, 2.24) is 9.80 Å². The fourth-order valence-electron chi connectivity index (χ4n) is 4.35. The number of fused-ring (bicyclic) bond motifs is 1. The van der Waals surface area contributed by atoms with Gasteiger partial charge < -0.3 is 24.6 Å². The molecule has 2 aliphatic heterocycles. The molecule has 2 aromatic rings. The predicted molar refractivity (Wildman–Crippen MR) is 137 cm³/mol. The van der Waals surface area contributed by atoms with Crippen molar-refractivity contribution in [3.8, 4) is 0 Å². The van der Waals surface area contributed by atoms with Crippen LogP contribution < -0.4 is 5.32 Å². The third-order valence-electron chi connectivity index (χ3n) is 5.97. The van der Waals surface area contributed by atoms with E-state index < -0.39 is 29.9 Å². The van der Waals surface area contributed by atoms with E-state index in [1.807, 2.05) is 18.2 Å². The average Bonchev–Trinajstić information content (AvgIpc) is 3.21. The lowest BCUT2D eigenvalue weighted by Crippen LogP contribution is -2.58. The molecule has 2 aromatic carbocycles. The molecular formula is C26H29Cl2N3O5. The van der Waals surface area contributed by atoms with Crippen molar-refractivity contribution in [2.75, 3.05) is 18.4 Å². The number of morpholine rings is 1. The molecule has 1 N–H and O–H groups in total. The first-order valence-corrected chi connectivity index (χ1v) is 12.5. The quantitative estimate of drug-likeness (QED) is 0.599. The first kappa shape index (κ1) is 26.3. The van der Waals surface area contributed by atoms with Crippen LogP contribution in [0.15, 0.2) is 48.5 Å². The Bertz CT molecular complexity index is 1140. The molecule has 3 unspecified atom stereocenters. The van der Waals surface area contributed by atoms with Gasteiger partial charge in [0.05, 0.1) is 25.1 Å². The molecule has 2 fully saturated rings. The summed E-state index contributed by atoms with van der Waals surface area (Å²) in [7, 11) is 0. The van der Waals surface area contributed by atoms with E-state index >= 15 is 0 Å². The van der Waals surface area contributed by atoms with E-state index in [1.54, 1.807) is 56.0 Å². The molecule has 0 spiro atoms. The molecule has 10 heteroatoms. The van der Waals surface area contributed by atoms with Crippen molar-refractivity contribution in [2.24, 2.45) is 0 Å². The highest BCUT2D eigenvalue weighted by molar-refractivity contribution is 6.35. The molecule has 2 heterocycles. The lowest BCUT2D eigenvalue weighted by atomic mass is 10.0. The first-order valence-electron chi connectivity index (χ1n) is 11.7. The van der Waals surface area contributed by atoms with E-state index in [1.165, 1.54) is 4.90 Å². The van der Waals surface area contributed by atoms with E-state index in [0.717, 1.165) is 0 Å². The van der Waals surface area contributed by atoms with Crippen molar-refractivity contribution in [2.45, 2.75) is 57.6 Å². The molecule has 192 valence electrons. The van der Waals surface area contributed by atoms with Crippen LogP contribution in [0, 0.1) is 0 Å². The Labute approximate surface area is 220 Å². The summed E-state index contributed by atoms with van der Waals surface area (Å²) in [6, 6.07) is 13.7. The number of anilines is 1. The van der Waals surface area contributed by atoms with Gasteiger partial charge in [0, 0.05) is 28.8 Å². The van der Waals surface area contributed by atoms with Crippen LogP contribution in [0.2, 0.25) is 10.0 Å². The molecule has 2 saturated heterocycles. The second-order valence-corrected chi connectivity index (χ2v) is 10.8. The Hall–Kier alpha value is -2.81. The maximum atomic E-state index is 13.6. The third-order valence-corrected chi connectivity index (χ3v) is 6.56. The highest BCUT2D eigenvalue weighted by atomic mass is 35.5. The zero-order chi connectivity index (χ0) is 26.0. The van der Waals surface area contributed by atoms with Crippen molar-refractivity contribution in [3.63, 3.8) is 0 Å². The molecule has 4 rings (SSSR count). The van der Waals surface area contributed by atoms with Crippen molar-refractivity contribution in [3.05, 3.63) is 64.1 Å². The zero-order valence-corrected chi connectivity index (χ0v) is 21.9. The van der Waals surface area contributed by atoms with Crippen LogP contribution in [0.3, 0.4) is 0 Å². The number of ether oxygens (including phenoxy) is 2. The van der Waals surface area contributed by atoms with Crippen LogP contribution in [-0.4, -0.2) is 64.6 Å². The van der Waals surface area contributed by atoms with Crippen LogP contribution in [-0.2, 0) is 25.6 Å². The Morgan fingerprint density at radius 2 is 1.83 bits per heavy atom. The molecule has 36 heavy (non-hydrogen) atoms. The van der Waals surface area contributed by atoms with Gasteiger partial charge in [-0.1, -0.05) is 47.5 Å². The summed E-state index contributed by atoms with van der Waals surface area (Å²) < 4.78 is 11.6. The molecule has 0 aliphatic carbocycles. The minimum atomic E-state index is -1.00. The van der Waals surface area contributed by atoms with Gasteiger partial charge in [-0.05, 0) is 50.6 Å². The third kappa shape index (κ3) is 6.30. The number of hydrogen-bond donors (Lipinski definition) is 1. The molecule has 0 radical (unpaired) electrons. The minimum Gasteiger partial charge on any atom is -0.444 e. The molecule has 0 aromatic heterocycles. The number of halogens is 2. The maximum Gasteiger partial charge on any atom is 0.410 e. The summed E-state index contributed by atoms with van der Waals surface area (Å²) in [5.41, 5.74) is 0.680. The van der Waals surface area contributed by atoms with E-state index in [2.05, 4.69) is 5.32 Å². The Morgan fingerprint density at radius 1 is 1.11 bits per heavy atom. The molecule has 2 aliphatic rings. The van der Waals surface area contributed by atoms with E-state index in [0.29, 0.717) is 21.3 Å². The van der Waals surface area contributed by atoms with Gasteiger partial charge in [0.15, 0.2) is 0 Å². The number of carbonyl (C=O) groups excluding carboxylic acids is 3. The lowest BCUT2D eigenvalue weighted by Gasteiger charge is -2.40. The average molecular weight is 534 g/mol. The molecule has 0 saturated carbocycles. The number of carbonyl (C=O) groups is 3. The molecule has 3 amide bonds. The second kappa shape index (κ2) is 10.7. The minimum absolute atomic E-state index is 0.158. The monoisotopic (exact) mass is 533 g/mol. The fourth-order valence-corrected chi connectivity index (χ4v) is 4.82. The highest BCUT2D eigenvalue weighted by Gasteiger charge is 2.49. The highest BCUT2D eigenvalue weighted by Crippen LogP contribution is 2.32. The van der Waals surface area contributed by atoms with Gasteiger partial charge in [0.2, 0.25) is 5.91 Å². The van der Waals surface area contributed by atoms with Crippen molar-refractivity contribution >= 4 is 46.8 Å². The number of nitrogens with zero attached hydrogens (tertiary/aromatic N) is 2. The SMILES string of the molecule is CC(C)(C)OC(=O)N1CC2OC(CC(=O)Nc3ccccc3)C(=O)N(Cc3ccc(Cl)cc3Cl)C2C1.